The van der Waals surface area contributed by atoms with Gasteiger partial charge in [0.05, 0.1) is 0 Å². The van der Waals surface area contributed by atoms with Crippen LogP contribution in [0.5, 0.6) is 0 Å². The van der Waals surface area contributed by atoms with Crippen LogP contribution in [0.2, 0.25) is 0 Å². The smallest absolute Gasteiger partial charge is 0.125 e. The first-order valence-corrected chi connectivity index (χ1v) is 5.84. The highest BCUT2D eigenvalue weighted by atomic mass is 19.1. The van der Waals surface area contributed by atoms with E-state index in [-0.39, 0.29) is 5.82 Å². The summed E-state index contributed by atoms with van der Waals surface area (Å²) < 4.78 is 12.9. The molecule has 0 aromatic heterocycles. The van der Waals surface area contributed by atoms with Crippen LogP contribution in [0.15, 0.2) is 24.3 Å². The molecule has 1 nitrogen and oxygen atoms in total. The molecule has 0 amide bonds. The van der Waals surface area contributed by atoms with E-state index in [1.165, 1.54) is 38.2 Å². The van der Waals surface area contributed by atoms with Crippen molar-refractivity contribution < 1.29 is 4.39 Å². The minimum atomic E-state index is -0.163. The van der Waals surface area contributed by atoms with Crippen molar-refractivity contribution in [2.75, 3.05) is 11.9 Å². The van der Waals surface area contributed by atoms with Crippen molar-refractivity contribution in [3.8, 4) is 0 Å². The Morgan fingerprint density at radius 2 is 2.00 bits per heavy atom. The van der Waals surface area contributed by atoms with Crippen molar-refractivity contribution in [3.05, 3.63) is 30.1 Å². The zero-order chi connectivity index (χ0) is 10.5. The standard InChI is InChI=1S/C13H18FN/c14-12-7-4-8-13(9-12)15-10-11-5-2-1-3-6-11/h4,7-9,11,15H,1-3,5-6,10H2. The molecule has 82 valence electrons. The average molecular weight is 207 g/mol. The first-order chi connectivity index (χ1) is 7.34. The highest BCUT2D eigenvalue weighted by Crippen LogP contribution is 2.24. The zero-order valence-electron chi connectivity index (χ0n) is 9.01. The van der Waals surface area contributed by atoms with E-state index in [1.807, 2.05) is 6.07 Å². The van der Waals surface area contributed by atoms with Gasteiger partial charge in [0.1, 0.15) is 5.82 Å². The quantitative estimate of drug-likeness (QED) is 0.794. The summed E-state index contributed by atoms with van der Waals surface area (Å²) in [4.78, 5) is 0. The fourth-order valence-corrected chi connectivity index (χ4v) is 2.25. The van der Waals surface area contributed by atoms with Crippen LogP contribution < -0.4 is 5.32 Å². The maximum Gasteiger partial charge on any atom is 0.125 e. The second-order valence-electron chi connectivity index (χ2n) is 4.40. The van der Waals surface area contributed by atoms with Gasteiger partial charge in [-0.2, -0.15) is 0 Å². The van der Waals surface area contributed by atoms with Gasteiger partial charge < -0.3 is 5.32 Å². The molecule has 1 aliphatic carbocycles. The second kappa shape index (κ2) is 5.15. The Kier molecular flexibility index (Phi) is 3.59. The highest BCUT2D eigenvalue weighted by Gasteiger charge is 2.12. The van der Waals surface area contributed by atoms with Crippen molar-refractivity contribution in [2.45, 2.75) is 32.1 Å². The summed E-state index contributed by atoms with van der Waals surface area (Å²) in [6.07, 6.45) is 6.74. The van der Waals surface area contributed by atoms with Gasteiger partial charge in [-0.05, 0) is 37.0 Å². The van der Waals surface area contributed by atoms with E-state index in [0.29, 0.717) is 0 Å². The molecule has 1 aromatic carbocycles. The van der Waals surface area contributed by atoms with Gasteiger partial charge in [-0.25, -0.2) is 4.39 Å². The maximum absolute atomic E-state index is 12.9. The van der Waals surface area contributed by atoms with Crippen LogP contribution >= 0.6 is 0 Å². The third-order valence-electron chi connectivity index (χ3n) is 3.14. The largest absolute Gasteiger partial charge is 0.385 e. The minimum Gasteiger partial charge on any atom is -0.385 e. The van der Waals surface area contributed by atoms with Crippen molar-refractivity contribution in [3.63, 3.8) is 0 Å². The second-order valence-corrected chi connectivity index (χ2v) is 4.40. The third kappa shape index (κ3) is 3.22. The molecule has 1 N–H and O–H groups in total. The monoisotopic (exact) mass is 207 g/mol. The van der Waals surface area contributed by atoms with Crippen LogP contribution in [0.3, 0.4) is 0 Å². The molecule has 1 saturated carbocycles. The molecular weight excluding hydrogens is 189 g/mol. The van der Waals surface area contributed by atoms with Crippen LogP contribution in [0.1, 0.15) is 32.1 Å². The van der Waals surface area contributed by atoms with Crippen LogP contribution in [0, 0.1) is 11.7 Å². The minimum absolute atomic E-state index is 0.163. The number of hydrogen-bond donors (Lipinski definition) is 1. The highest BCUT2D eigenvalue weighted by molar-refractivity contribution is 5.42. The zero-order valence-corrected chi connectivity index (χ0v) is 9.01. The fourth-order valence-electron chi connectivity index (χ4n) is 2.25. The maximum atomic E-state index is 12.9. The van der Waals surface area contributed by atoms with Crippen molar-refractivity contribution in [2.24, 2.45) is 5.92 Å². The molecule has 0 heterocycles. The Labute approximate surface area is 90.7 Å². The lowest BCUT2D eigenvalue weighted by atomic mass is 9.89. The molecule has 2 heteroatoms. The Hall–Kier alpha value is -1.05. The van der Waals surface area contributed by atoms with Gasteiger partial charge in [-0.15, -0.1) is 0 Å². The van der Waals surface area contributed by atoms with Crippen LogP contribution in [-0.4, -0.2) is 6.54 Å². The molecule has 2 rings (SSSR count). The van der Waals surface area contributed by atoms with E-state index in [1.54, 1.807) is 12.1 Å². The summed E-state index contributed by atoms with van der Waals surface area (Å²) >= 11 is 0. The lowest BCUT2D eigenvalue weighted by Crippen LogP contribution is -2.17. The van der Waals surface area contributed by atoms with Crippen LogP contribution in [-0.2, 0) is 0 Å². The van der Waals surface area contributed by atoms with Gasteiger partial charge in [0.15, 0.2) is 0 Å². The van der Waals surface area contributed by atoms with E-state index < -0.39 is 0 Å². The van der Waals surface area contributed by atoms with Crippen LogP contribution in [0.25, 0.3) is 0 Å². The Morgan fingerprint density at radius 3 is 2.73 bits per heavy atom. The first kappa shape index (κ1) is 10.5. The van der Waals surface area contributed by atoms with Gasteiger partial charge in [-0.1, -0.05) is 25.3 Å². The average Bonchev–Trinajstić information content (AvgIpc) is 2.28. The first-order valence-electron chi connectivity index (χ1n) is 5.84. The Bertz CT molecular complexity index is 305. The van der Waals surface area contributed by atoms with E-state index in [0.717, 1.165) is 18.2 Å². The lowest BCUT2D eigenvalue weighted by molar-refractivity contribution is 0.373. The summed E-state index contributed by atoms with van der Waals surface area (Å²) in [5.41, 5.74) is 0.903. The molecule has 0 saturated heterocycles. The van der Waals surface area contributed by atoms with Crippen molar-refractivity contribution in [1.29, 1.82) is 0 Å². The summed E-state index contributed by atoms with van der Waals surface area (Å²) in [5.74, 6) is 0.616. The predicted octanol–water partition coefficient (Wildman–Crippen LogP) is 3.82. The van der Waals surface area contributed by atoms with Gasteiger partial charge in [0.25, 0.3) is 0 Å². The number of hydrogen-bond acceptors (Lipinski definition) is 1. The molecule has 0 aliphatic heterocycles. The molecule has 0 bridgehead atoms. The normalized spacial score (nSPS) is 17.7. The molecule has 1 aliphatic rings. The van der Waals surface area contributed by atoms with E-state index in [4.69, 9.17) is 0 Å². The van der Waals surface area contributed by atoms with E-state index in [9.17, 15) is 4.39 Å². The Morgan fingerprint density at radius 1 is 1.20 bits per heavy atom. The fraction of sp³-hybridized carbons (Fsp3) is 0.538. The van der Waals surface area contributed by atoms with Crippen LogP contribution in [0.4, 0.5) is 10.1 Å². The van der Waals surface area contributed by atoms with Gasteiger partial charge in [0, 0.05) is 12.2 Å². The topological polar surface area (TPSA) is 12.0 Å². The number of benzene rings is 1. The third-order valence-corrected chi connectivity index (χ3v) is 3.14. The van der Waals surface area contributed by atoms with E-state index >= 15 is 0 Å². The summed E-state index contributed by atoms with van der Waals surface area (Å²) in [7, 11) is 0. The SMILES string of the molecule is Fc1cccc(NCC2CCCCC2)c1. The molecule has 0 radical (unpaired) electrons. The summed E-state index contributed by atoms with van der Waals surface area (Å²) in [6, 6.07) is 6.71. The number of rotatable bonds is 3. The number of anilines is 1. The van der Waals surface area contributed by atoms with Gasteiger partial charge in [0.2, 0.25) is 0 Å². The van der Waals surface area contributed by atoms with Gasteiger partial charge in [-0.3, -0.25) is 0 Å². The molecule has 0 spiro atoms. The summed E-state index contributed by atoms with van der Waals surface area (Å²) in [5, 5.41) is 3.32. The molecule has 0 atom stereocenters. The predicted molar refractivity (Wildman–Crippen MR) is 61.5 cm³/mol. The lowest BCUT2D eigenvalue weighted by Gasteiger charge is -2.22. The molecule has 1 fully saturated rings. The number of nitrogens with one attached hydrogen (secondary N) is 1. The van der Waals surface area contributed by atoms with Crippen molar-refractivity contribution >= 4 is 5.69 Å². The molecule has 15 heavy (non-hydrogen) atoms. The summed E-state index contributed by atoms with van der Waals surface area (Å²) in [6.45, 7) is 0.990. The number of halogens is 1. The van der Waals surface area contributed by atoms with Crippen molar-refractivity contribution in [1.82, 2.24) is 0 Å². The van der Waals surface area contributed by atoms with E-state index in [2.05, 4.69) is 5.32 Å². The molecular formula is C13H18FN. The molecule has 0 unspecified atom stereocenters. The van der Waals surface area contributed by atoms with Gasteiger partial charge >= 0.3 is 0 Å². The molecule has 1 aromatic rings. The Balaban J connectivity index is 1.81.